The molecular formula is C17H12F4N2O2. The number of urea groups is 1. The molecule has 1 saturated heterocycles. The van der Waals surface area contributed by atoms with Gasteiger partial charge in [-0.15, -0.1) is 0 Å². The van der Waals surface area contributed by atoms with Crippen LogP contribution in [0.15, 0.2) is 42.5 Å². The molecule has 1 fully saturated rings. The van der Waals surface area contributed by atoms with E-state index in [2.05, 4.69) is 5.32 Å². The number of rotatable bonds is 2. The number of alkyl halides is 3. The molecule has 0 aromatic heterocycles. The van der Waals surface area contributed by atoms with Gasteiger partial charge in [0.25, 0.3) is 0 Å². The van der Waals surface area contributed by atoms with Gasteiger partial charge in [0.15, 0.2) is 0 Å². The van der Waals surface area contributed by atoms with E-state index in [1.54, 1.807) is 0 Å². The lowest BCUT2D eigenvalue weighted by atomic mass is 9.98. The van der Waals surface area contributed by atoms with Crippen molar-refractivity contribution in [1.82, 2.24) is 5.32 Å². The Labute approximate surface area is 140 Å². The number of carbonyl (C=O) groups is 2. The number of benzene rings is 2. The van der Waals surface area contributed by atoms with Crippen LogP contribution in [0.2, 0.25) is 0 Å². The molecule has 0 atom stereocenters. The first-order valence-corrected chi connectivity index (χ1v) is 7.35. The first-order chi connectivity index (χ1) is 11.8. The van der Waals surface area contributed by atoms with Crippen molar-refractivity contribution >= 4 is 17.6 Å². The van der Waals surface area contributed by atoms with E-state index in [0.717, 1.165) is 6.07 Å². The van der Waals surface area contributed by atoms with Gasteiger partial charge < -0.3 is 0 Å². The van der Waals surface area contributed by atoms with Crippen molar-refractivity contribution in [2.75, 3.05) is 11.4 Å². The fourth-order valence-electron chi connectivity index (χ4n) is 2.68. The molecule has 1 heterocycles. The number of amides is 3. The minimum Gasteiger partial charge on any atom is -0.294 e. The van der Waals surface area contributed by atoms with Gasteiger partial charge in [0.1, 0.15) is 5.82 Å². The lowest BCUT2D eigenvalue weighted by Crippen LogP contribution is -2.49. The number of imide groups is 1. The van der Waals surface area contributed by atoms with E-state index < -0.39 is 23.6 Å². The molecule has 8 heteroatoms. The highest BCUT2D eigenvalue weighted by Crippen LogP contribution is 2.39. The Bertz CT molecular complexity index is 832. The van der Waals surface area contributed by atoms with Crippen molar-refractivity contribution in [3.8, 4) is 11.1 Å². The molecule has 0 unspecified atom stereocenters. The van der Waals surface area contributed by atoms with E-state index >= 15 is 0 Å². The monoisotopic (exact) mass is 352 g/mol. The molecule has 0 saturated carbocycles. The van der Waals surface area contributed by atoms with Gasteiger partial charge in [-0.05, 0) is 29.3 Å². The molecular weight excluding hydrogens is 340 g/mol. The predicted octanol–water partition coefficient (Wildman–Crippen LogP) is 3.96. The Morgan fingerprint density at radius 2 is 1.68 bits per heavy atom. The summed E-state index contributed by atoms with van der Waals surface area (Å²) < 4.78 is 53.0. The summed E-state index contributed by atoms with van der Waals surface area (Å²) in [5, 5.41) is 2.16. The number of carbonyl (C=O) groups excluding carboxylic acids is 2. The number of nitrogens with one attached hydrogen (secondary N) is 1. The van der Waals surface area contributed by atoms with Crippen molar-refractivity contribution in [3.63, 3.8) is 0 Å². The van der Waals surface area contributed by atoms with E-state index in [9.17, 15) is 27.2 Å². The van der Waals surface area contributed by atoms with Crippen LogP contribution < -0.4 is 10.2 Å². The Hall–Kier alpha value is -2.90. The summed E-state index contributed by atoms with van der Waals surface area (Å²) in [6, 6.07) is 8.23. The van der Waals surface area contributed by atoms with Crippen molar-refractivity contribution in [2.24, 2.45) is 0 Å². The van der Waals surface area contributed by atoms with Crippen LogP contribution in [0, 0.1) is 5.82 Å². The maximum Gasteiger partial charge on any atom is 0.419 e. The largest absolute Gasteiger partial charge is 0.419 e. The standard InChI is InChI=1S/C17H12F4N2O2/c18-13-3-1-2-12(15(13)17(19,20)21)10-4-6-11(7-5-10)23-9-8-14(24)22-16(23)25/h1-7H,8-9H2,(H,22,24,25). The average Bonchev–Trinajstić information content (AvgIpc) is 2.54. The average molecular weight is 352 g/mol. The zero-order valence-corrected chi connectivity index (χ0v) is 12.7. The number of hydrogen-bond acceptors (Lipinski definition) is 2. The molecule has 1 aliphatic heterocycles. The molecule has 2 aromatic carbocycles. The summed E-state index contributed by atoms with van der Waals surface area (Å²) in [6.07, 6.45) is -4.69. The van der Waals surface area contributed by atoms with Crippen molar-refractivity contribution in [2.45, 2.75) is 12.6 Å². The minimum absolute atomic E-state index is 0.135. The zero-order valence-electron chi connectivity index (χ0n) is 12.7. The lowest BCUT2D eigenvalue weighted by Gasteiger charge is -2.26. The van der Waals surface area contributed by atoms with Gasteiger partial charge in [-0.2, -0.15) is 13.2 Å². The maximum absolute atomic E-state index is 13.7. The molecule has 3 amide bonds. The second kappa shape index (κ2) is 6.19. The van der Waals surface area contributed by atoms with E-state index in [0.29, 0.717) is 5.69 Å². The molecule has 1 N–H and O–H groups in total. The molecule has 1 aliphatic rings. The fraction of sp³-hybridized carbons (Fsp3) is 0.176. The van der Waals surface area contributed by atoms with Crippen LogP contribution in [0.3, 0.4) is 0 Å². The summed E-state index contributed by atoms with van der Waals surface area (Å²) in [5.74, 6) is -1.73. The van der Waals surface area contributed by atoms with Crippen molar-refractivity contribution in [1.29, 1.82) is 0 Å². The summed E-state index contributed by atoms with van der Waals surface area (Å²) in [4.78, 5) is 24.2. The van der Waals surface area contributed by atoms with Crippen LogP contribution in [0.1, 0.15) is 12.0 Å². The topological polar surface area (TPSA) is 49.4 Å². The Morgan fingerprint density at radius 1 is 1.00 bits per heavy atom. The summed E-state index contributed by atoms with van der Waals surface area (Å²) in [7, 11) is 0. The molecule has 130 valence electrons. The molecule has 0 bridgehead atoms. The molecule has 4 nitrogen and oxygen atoms in total. The third-order valence-corrected chi connectivity index (χ3v) is 3.84. The van der Waals surface area contributed by atoms with Gasteiger partial charge in [0, 0.05) is 18.7 Å². The van der Waals surface area contributed by atoms with Crippen LogP contribution in [-0.4, -0.2) is 18.5 Å². The maximum atomic E-state index is 13.7. The first kappa shape index (κ1) is 16.9. The van der Waals surface area contributed by atoms with Crippen LogP contribution in [0.4, 0.5) is 28.0 Å². The van der Waals surface area contributed by atoms with Gasteiger partial charge in [-0.3, -0.25) is 15.0 Å². The van der Waals surface area contributed by atoms with Gasteiger partial charge >= 0.3 is 12.2 Å². The fourth-order valence-corrected chi connectivity index (χ4v) is 2.68. The number of hydrogen-bond donors (Lipinski definition) is 1. The molecule has 2 aromatic rings. The Morgan fingerprint density at radius 3 is 2.28 bits per heavy atom. The summed E-state index contributed by atoms with van der Waals surface area (Å²) in [6.45, 7) is 0.178. The van der Waals surface area contributed by atoms with Crippen LogP contribution in [0.5, 0.6) is 0 Å². The normalized spacial score (nSPS) is 15.3. The molecule has 25 heavy (non-hydrogen) atoms. The molecule has 0 radical (unpaired) electrons. The van der Waals surface area contributed by atoms with E-state index in [1.807, 2.05) is 0 Å². The number of halogens is 4. The minimum atomic E-state index is -4.83. The zero-order chi connectivity index (χ0) is 18.2. The second-order valence-electron chi connectivity index (χ2n) is 5.46. The van der Waals surface area contributed by atoms with E-state index in [1.165, 1.54) is 41.3 Å². The second-order valence-corrected chi connectivity index (χ2v) is 5.46. The van der Waals surface area contributed by atoms with Crippen molar-refractivity contribution in [3.05, 3.63) is 53.8 Å². The van der Waals surface area contributed by atoms with Crippen LogP contribution in [-0.2, 0) is 11.0 Å². The van der Waals surface area contributed by atoms with Crippen LogP contribution in [0.25, 0.3) is 11.1 Å². The quantitative estimate of drug-likeness (QED) is 0.832. The SMILES string of the molecule is O=C1CCN(c2ccc(-c3cccc(F)c3C(F)(F)F)cc2)C(=O)N1. The molecule has 3 rings (SSSR count). The number of anilines is 1. The van der Waals surface area contributed by atoms with Crippen molar-refractivity contribution < 1.29 is 27.2 Å². The highest BCUT2D eigenvalue weighted by atomic mass is 19.4. The van der Waals surface area contributed by atoms with Gasteiger partial charge in [0.05, 0.1) is 5.56 Å². The van der Waals surface area contributed by atoms with E-state index in [-0.39, 0.29) is 30.0 Å². The highest BCUT2D eigenvalue weighted by molar-refractivity contribution is 6.05. The van der Waals surface area contributed by atoms with Crippen LogP contribution >= 0.6 is 0 Å². The number of nitrogens with zero attached hydrogens (tertiary/aromatic N) is 1. The third-order valence-electron chi connectivity index (χ3n) is 3.84. The smallest absolute Gasteiger partial charge is 0.294 e. The predicted molar refractivity (Wildman–Crippen MR) is 82.3 cm³/mol. The Kier molecular flexibility index (Phi) is 4.20. The Balaban J connectivity index is 1.95. The van der Waals surface area contributed by atoms with Gasteiger partial charge in [-0.1, -0.05) is 24.3 Å². The molecule has 0 spiro atoms. The summed E-state index contributed by atoms with van der Waals surface area (Å²) >= 11 is 0. The highest BCUT2D eigenvalue weighted by Gasteiger charge is 2.37. The lowest BCUT2D eigenvalue weighted by molar-refractivity contribution is -0.139. The summed E-state index contributed by atoms with van der Waals surface area (Å²) in [5.41, 5.74) is -1.01. The molecule has 0 aliphatic carbocycles. The van der Waals surface area contributed by atoms with Gasteiger partial charge in [-0.25, -0.2) is 9.18 Å². The first-order valence-electron chi connectivity index (χ1n) is 7.35. The van der Waals surface area contributed by atoms with Gasteiger partial charge in [0.2, 0.25) is 5.91 Å². The van der Waals surface area contributed by atoms with E-state index in [4.69, 9.17) is 0 Å². The third kappa shape index (κ3) is 3.33.